The number of esters is 2. The summed E-state index contributed by atoms with van der Waals surface area (Å²) < 4.78 is 14.3. The maximum Gasteiger partial charge on any atom is 0.534 e. The SMILES string of the molecule is C=C(C)C(=O)OCCOC(=O)c1ccc(SCc2ccc(C(=O)/C(C)=N/OC(=O)OC)cc2)cc1. The molecule has 0 unspecified atom stereocenters. The molecule has 0 saturated carbocycles. The van der Waals surface area contributed by atoms with Crippen LogP contribution < -0.4 is 0 Å². The topological polar surface area (TPSA) is 118 Å². The van der Waals surface area contributed by atoms with Crippen molar-refractivity contribution in [3.63, 3.8) is 0 Å². The lowest BCUT2D eigenvalue weighted by atomic mass is 10.1. The van der Waals surface area contributed by atoms with Crippen LogP contribution in [-0.2, 0) is 29.6 Å². The summed E-state index contributed by atoms with van der Waals surface area (Å²) in [5, 5.41) is 3.46. The van der Waals surface area contributed by atoms with Gasteiger partial charge in [-0.25, -0.2) is 14.4 Å². The fraction of sp³-hybridized carbons (Fsp3) is 0.240. The van der Waals surface area contributed by atoms with Gasteiger partial charge in [-0.3, -0.25) is 9.63 Å². The highest BCUT2D eigenvalue weighted by molar-refractivity contribution is 7.98. The molecule has 10 heteroatoms. The van der Waals surface area contributed by atoms with Gasteiger partial charge < -0.3 is 14.2 Å². The standard InChI is InChI=1S/C25H25NO8S/c1-16(2)23(28)32-13-14-33-24(29)20-9-11-21(12-10-20)35-15-18-5-7-19(8-6-18)22(27)17(3)26-34-25(30)31-4/h5-12H,1,13-15H2,2-4H3/b26-17+. The quantitative estimate of drug-likeness (QED) is 0.0503. The van der Waals surface area contributed by atoms with Crippen molar-refractivity contribution in [3.8, 4) is 0 Å². The van der Waals surface area contributed by atoms with Gasteiger partial charge in [0.1, 0.15) is 18.9 Å². The van der Waals surface area contributed by atoms with Gasteiger partial charge in [0.25, 0.3) is 0 Å². The fourth-order valence-corrected chi connectivity index (χ4v) is 3.33. The van der Waals surface area contributed by atoms with E-state index in [9.17, 15) is 19.2 Å². The number of oxime groups is 1. The van der Waals surface area contributed by atoms with Crippen LogP contribution in [0.5, 0.6) is 0 Å². The summed E-state index contributed by atoms with van der Waals surface area (Å²) in [6.07, 6.45) is -1.00. The number of carbonyl (C=O) groups excluding carboxylic acids is 4. The number of nitrogens with zero attached hydrogens (tertiary/aromatic N) is 1. The number of Topliss-reactive ketones (excluding diaryl/α,β-unsaturated/α-hetero) is 1. The second kappa shape index (κ2) is 13.7. The summed E-state index contributed by atoms with van der Waals surface area (Å²) in [5.74, 6) is -0.767. The minimum atomic E-state index is -1.00. The van der Waals surface area contributed by atoms with Crippen LogP contribution in [0.3, 0.4) is 0 Å². The van der Waals surface area contributed by atoms with Crippen molar-refractivity contribution in [2.45, 2.75) is 24.5 Å². The van der Waals surface area contributed by atoms with Gasteiger partial charge in [-0.2, -0.15) is 0 Å². The summed E-state index contributed by atoms with van der Waals surface area (Å²) in [5.41, 5.74) is 2.08. The molecule has 184 valence electrons. The molecule has 0 aliphatic rings. The molecule has 0 aliphatic heterocycles. The lowest BCUT2D eigenvalue weighted by molar-refractivity contribution is -0.140. The van der Waals surface area contributed by atoms with Crippen molar-refractivity contribution < 1.29 is 38.2 Å². The largest absolute Gasteiger partial charge is 0.534 e. The Labute approximate surface area is 207 Å². The molecule has 0 aromatic heterocycles. The summed E-state index contributed by atoms with van der Waals surface area (Å²) in [4.78, 5) is 52.0. The van der Waals surface area contributed by atoms with Crippen LogP contribution in [0.4, 0.5) is 4.79 Å². The third kappa shape index (κ3) is 9.09. The zero-order valence-electron chi connectivity index (χ0n) is 19.6. The van der Waals surface area contributed by atoms with Crippen molar-refractivity contribution in [1.29, 1.82) is 0 Å². The van der Waals surface area contributed by atoms with Gasteiger partial charge in [-0.15, -0.1) is 11.8 Å². The first-order chi connectivity index (χ1) is 16.7. The number of ether oxygens (including phenoxy) is 3. The molecule has 0 bridgehead atoms. The number of ketones is 1. The number of hydrogen-bond acceptors (Lipinski definition) is 10. The summed E-state index contributed by atoms with van der Waals surface area (Å²) in [7, 11) is 1.14. The van der Waals surface area contributed by atoms with Crippen molar-refractivity contribution in [2.75, 3.05) is 20.3 Å². The molecule has 2 aromatic carbocycles. The van der Waals surface area contributed by atoms with Crippen molar-refractivity contribution in [3.05, 3.63) is 77.4 Å². The zero-order valence-corrected chi connectivity index (χ0v) is 20.4. The highest BCUT2D eigenvalue weighted by Crippen LogP contribution is 2.23. The van der Waals surface area contributed by atoms with E-state index in [4.69, 9.17) is 9.47 Å². The van der Waals surface area contributed by atoms with Crippen molar-refractivity contribution >= 4 is 41.4 Å². The molecule has 0 saturated heterocycles. The van der Waals surface area contributed by atoms with Crippen LogP contribution in [0.1, 0.15) is 40.1 Å². The van der Waals surface area contributed by atoms with E-state index >= 15 is 0 Å². The first-order valence-electron chi connectivity index (χ1n) is 10.4. The summed E-state index contributed by atoms with van der Waals surface area (Å²) in [6, 6.07) is 13.9. The monoisotopic (exact) mass is 499 g/mol. The molecule has 0 fully saturated rings. The molecule has 0 N–H and O–H groups in total. The average molecular weight is 500 g/mol. The predicted octanol–water partition coefficient (Wildman–Crippen LogP) is 4.60. The lowest BCUT2D eigenvalue weighted by Crippen LogP contribution is -2.14. The Balaban J connectivity index is 1.82. The van der Waals surface area contributed by atoms with E-state index in [1.54, 1.807) is 48.2 Å². The minimum Gasteiger partial charge on any atom is -0.459 e. The normalized spacial score (nSPS) is 10.8. The van der Waals surface area contributed by atoms with Gasteiger partial charge in [0, 0.05) is 21.8 Å². The first kappa shape index (κ1) is 27.3. The Hall–Kier alpha value is -3.92. The van der Waals surface area contributed by atoms with Crippen molar-refractivity contribution in [1.82, 2.24) is 0 Å². The van der Waals surface area contributed by atoms with E-state index in [0.29, 0.717) is 16.9 Å². The second-order valence-corrected chi connectivity index (χ2v) is 8.16. The van der Waals surface area contributed by atoms with Crippen LogP contribution in [0, 0.1) is 0 Å². The average Bonchev–Trinajstić information content (AvgIpc) is 2.88. The number of rotatable bonds is 11. The summed E-state index contributed by atoms with van der Waals surface area (Å²) in [6.45, 7) is 6.36. The van der Waals surface area contributed by atoms with Crippen LogP contribution in [0.15, 0.2) is 70.7 Å². The molecular weight excluding hydrogens is 474 g/mol. The third-order valence-corrected chi connectivity index (χ3v) is 5.45. The zero-order chi connectivity index (χ0) is 25.8. The first-order valence-corrected chi connectivity index (χ1v) is 11.4. The van der Waals surface area contributed by atoms with E-state index in [2.05, 4.69) is 21.3 Å². The molecule has 0 atom stereocenters. The van der Waals surface area contributed by atoms with Crippen LogP contribution in [0.25, 0.3) is 0 Å². The predicted molar refractivity (Wildman–Crippen MR) is 129 cm³/mol. The lowest BCUT2D eigenvalue weighted by Gasteiger charge is -2.07. The van der Waals surface area contributed by atoms with Gasteiger partial charge in [-0.05, 0) is 43.7 Å². The highest BCUT2D eigenvalue weighted by Gasteiger charge is 2.12. The van der Waals surface area contributed by atoms with Gasteiger partial charge >= 0.3 is 18.1 Å². The summed E-state index contributed by atoms with van der Waals surface area (Å²) >= 11 is 1.56. The minimum absolute atomic E-state index is 0.0176. The molecule has 2 aromatic rings. The molecule has 0 spiro atoms. The molecule has 0 heterocycles. The van der Waals surface area contributed by atoms with E-state index < -0.39 is 18.1 Å². The number of benzene rings is 2. The fourth-order valence-electron chi connectivity index (χ4n) is 2.47. The Morgan fingerprint density at radius 3 is 2.09 bits per heavy atom. The number of carbonyl (C=O) groups is 4. The maximum absolute atomic E-state index is 12.3. The Kier molecular flexibility index (Phi) is 10.7. The van der Waals surface area contributed by atoms with Crippen LogP contribution in [-0.4, -0.2) is 49.9 Å². The smallest absolute Gasteiger partial charge is 0.459 e. The third-order valence-electron chi connectivity index (χ3n) is 4.36. The second-order valence-electron chi connectivity index (χ2n) is 7.11. The number of thioether (sulfide) groups is 1. The number of hydrogen-bond donors (Lipinski definition) is 0. The van der Waals surface area contributed by atoms with Gasteiger partial charge in [0.2, 0.25) is 5.78 Å². The molecule has 0 amide bonds. The molecule has 0 radical (unpaired) electrons. The van der Waals surface area contributed by atoms with Crippen molar-refractivity contribution in [2.24, 2.45) is 5.16 Å². The van der Waals surface area contributed by atoms with E-state index in [0.717, 1.165) is 17.6 Å². The molecule has 9 nitrogen and oxygen atoms in total. The molecule has 2 rings (SSSR count). The maximum atomic E-state index is 12.3. The Morgan fingerprint density at radius 1 is 0.886 bits per heavy atom. The van der Waals surface area contributed by atoms with Crippen LogP contribution in [0.2, 0.25) is 0 Å². The van der Waals surface area contributed by atoms with E-state index in [1.165, 1.54) is 13.8 Å². The molecule has 0 aliphatic carbocycles. The van der Waals surface area contributed by atoms with E-state index in [1.807, 2.05) is 12.1 Å². The van der Waals surface area contributed by atoms with E-state index in [-0.39, 0.29) is 30.3 Å². The van der Waals surface area contributed by atoms with Crippen LogP contribution >= 0.6 is 11.8 Å². The van der Waals surface area contributed by atoms with Gasteiger partial charge in [-0.1, -0.05) is 36.0 Å². The Bertz CT molecular complexity index is 1110. The Morgan fingerprint density at radius 2 is 1.49 bits per heavy atom. The highest BCUT2D eigenvalue weighted by atomic mass is 32.2. The number of methoxy groups -OCH3 is 1. The van der Waals surface area contributed by atoms with Gasteiger partial charge in [0.15, 0.2) is 0 Å². The molecule has 35 heavy (non-hydrogen) atoms. The molecular formula is C25H25NO8S. The van der Waals surface area contributed by atoms with Gasteiger partial charge in [0.05, 0.1) is 12.7 Å².